The molecule has 0 saturated carbocycles. The Morgan fingerprint density at radius 3 is 2.85 bits per heavy atom. The van der Waals surface area contributed by atoms with Crippen LogP contribution in [-0.4, -0.2) is 22.8 Å². The average Bonchev–Trinajstić information content (AvgIpc) is 2.74. The molecule has 20 heavy (non-hydrogen) atoms. The largest absolute Gasteiger partial charge is 0.462 e. The molecule has 0 fully saturated rings. The van der Waals surface area contributed by atoms with Gasteiger partial charge in [0.2, 0.25) is 0 Å². The van der Waals surface area contributed by atoms with Crippen LogP contribution in [0, 0.1) is 6.92 Å². The van der Waals surface area contributed by atoms with Gasteiger partial charge in [0, 0.05) is 10.7 Å². The quantitative estimate of drug-likeness (QED) is 0.839. The maximum absolute atomic E-state index is 11.9. The van der Waals surface area contributed by atoms with Gasteiger partial charge >= 0.3 is 5.97 Å². The number of carbonyl (C=O) groups is 1. The second-order valence-corrected chi connectivity index (χ2v) is 4.89. The SMILES string of the molecule is CCOC(=O)c1c(Nc2ccc(Cl)cc2Cl)n[nH]c1C. The second kappa shape index (κ2) is 6.15. The number of rotatable bonds is 4. The maximum Gasteiger partial charge on any atom is 0.343 e. The van der Waals surface area contributed by atoms with Crippen molar-refractivity contribution in [3.8, 4) is 0 Å². The van der Waals surface area contributed by atoms with Crippen LogP contribution >= 0.6 is 23.2 Å². The summed E-state index contributed by atoms with van der Waals surface area (Å²) in [6.45, 7) is 3.79. The normalized spacial score (nSPS) is 10.4. The lowest BCUT2D eigenvalue weighted by atomic mass is 10.2. The van der Waals surface area contributed by atoms with Crippen LogP contribution in [0.4, 0.5) is 11.5 Å². The number of H-pyrrole nitrogens is 1. The number of nitrogens with one attached hydrogen (secondary N) is 2. The van der Waals surface area contributed by atoms with Crippen molar-refractivity contribution in [3.05, 3.63) is 39.5 Å². The van der Waals surface area contributed by atoms with E-state index in [-0.39, 0.29) is 0 Å². The predicted molar refractivity (Wildman–Crippen MR) is 79.0 cm³/mol. The highest BCUT2D eigenvalue weighted by Crippen LogP contribution is 2.29. The van der Waals surface area contributed by atoms with Crippen LogP contribution in [0.5, 0.6) is 0 Å². The van der Waals surface area contributed by atoms with E-state index in [0.29, 0.717) is 39.4 Å². The van der Waals surface area contributed by atoms with Gasteiger partial charge in [-0.2, -0.15) is 5.10 Å². The van der Waals surface area contributed by atoms with Crippen molar-refractivity contribution in [1.82, 2.24) is 10.2 Å². The fourth-order valence-electron chi connectivity index (χ4n) is 1.69. The summed E-state index contributed by atoms with van der Waals surface area (Å²) in [5, 5.41) is 10.8. The van der Waals surface area contributed by atoms with E-state index in [9.17, 15) is 4.79 Å². The average molecular weight is 314 g/mol. The molecule has 7 heteroatoms. The van der Waals surface area contributed by atoms with Crippen LogP contribution < -0.4 is 5.32 Å². The van der Waals surface area contributed by atoms with Gasteiger partial charge in [-0.1, -0.05) is 23.2 Å². The van der Waals surface area contributed by atoms with Gasteiger partial charge < -0.3 is 10.1 Å². The summed E-state index contributed by atoms with van der Waals surface area (Å²) < 4.78 is 5.00. The Morgan fingerprint density at radius 1 is 1.45 bits per heavy atom. The van der Waals surface area contributed by atoms with Crippen molar-refractivity contribution in [3.63, 3.8) is 0 Å². The van der Waals surface area contributed by atoms with Crippen LogP contribution in [0.3, 0.4) is 0 Å². The number of benzene rings is 1. The minimum atomic E-state index is -0.439. The molecule has 0 radical (unpaired) electrons. The monoisotopic (exact) mass is 313 g/mol. The lowest BCUT2D eigenvalue weighted by molar-refractivity contribution is 0.0527. The molecule has 2 rings (SSSR count). The Morgan fingerprint density at radius 2 is 2.20 bits per heavy atom. The molecule has 1 aromatic heterocycles. The summed E-state index contributed by atoms with van der Waals surface area (Å²) in [6.07, 6.45) is 0. The summed E-state index contributed by atoms with van der Waals surface area (Å²) in [6, 6.07) is 5.01. The predicted octanol–water partition coefficient (Wildman–Crippen LogP) is 3.95. The molecule has 5 nitrogen and oxygen atoms in total. The molecule has 0 aliphatic heterocycles. The van der Waals surface area contributed by atoms with E-state index in [0.717, 1.165) is 0 Å². The third kappa shape index (κ3) is 3.05. The smallest absolute Gasteiger partial charge is 0.343 e. The first kappa shape index (κ1) is 14.7. The van der Waals surface area contributed by atoms with Crippen LogP contribution in [-0.2, 0) is 4.74 Å². The summed E-state index contributed by atoms with van der Waals surface area (Å²) in [5.74, 6) is -0.0727. The summed E-state index contributed by atoms with van der Waals surface area (Å²) in [5.41, 5.74) is 1.59. The van der Waals surface area contributed by atoms with Crippen LogP contribution in [0.1, 0.15) is 23.0 Å². The minimum absolute atomic E-state index is 0.296. The van der Waals surface area contributed by atoms with E-state index in [4.69, 9.17) is 27.9 Å². The molecular formula is C13H13Cl2N3O2. The minimum Gasteiger partial charge on any atom is -0.462 e. The van der Waals surface area contributed by atoms with Crippen molar-refractivity contribution >= 4 is 40.7 Å². The lowest BCUT2D eigenvalue weighted by Crippen LogP contribution is -2.08. The summed E-state index contributed by atoms with van der Waals surface area (Å²) >= 11 is 11.9. The summed E-state index contributed by atoms with van der Waals surface area (Å²) in [7, 11) is 0. The van der Waals surface area contributed by atoms with Gasteiger partial charge in [-0.05, 0) is 32.0 Å². The van der Waals surface area contributed by atoms with E-state index in [1.54, 1.807) is 32.0 Å². The Labute approximate surface area is 126 Å². The molecule has 2 N–H and O–H groups in total. The van der Waals surface area contributed by atoms with Crippen molar-refractivity contribution in [2.24, 2.45) is 0 Å². The first-order chi connectivity index (χ1) is 9.52. The Hall–Kier alpha value is -1.72. The fourth-order valence-corrected chi connectivity index (χ4v) is 2.15. The van der Waals surface area contributed by atoms with Crippen molar-refractivity contribution in [1.29, 1.82) is 0 Å². The van der Waals surface area contributed by atoms with Crippen molar-refractivity contribution in [2.75, 3.05) is 11.9 Å². The molecule has 0 aliphatic rings. The molecule has 0 amide bonds. The molecule has 0 atom stereocenters. The highest BCUT2D eigenvalue weighted by molar-refractivity contribution is 6.36. The molecule has 1 heterocycles. The third-order valence-electron chi connectivity index (χ3n) is 2.61. The zero-order valence-corrected chi connectivity index (χ0v) is 12.5. The molecule has 0 spiro atoms. The first-order valence-electron chi connectivity index (χ1n) is 5.97. The number of anilines is 2. The third-order valence-corrected chi connectivity index (χ3v) is 3.16. The Bertz CT molecular complexity index is 641. The molecule has 1 aromatic carbocycles. The highest BCUT2D eigenvalue weighted by Gasteiger charge is 2.20. The Kier molecular flexibility index (Phi) is 4.52. The van der Waals surface area contributed by atoms with Crippen LogP contribution in [0.25, 0.3) is 0 Å². The zero-order chi connectivity index (χ0) is 14.7. The van der Waals surface area contributed by atoms with Gasteiger partial charge in [0.25, 0.3) is 0 Å². The standard InChI is InChI=1S/C13H13Cl2N3O2/c1-3-20-13(19)11-7(2)17-18-12(11)16-10-5-4-8(14)6-9(10)15/h4-6H,3H2,1-2H3,(H2,16,17,18). The number of carbonyl (C=O) groups excluding carboxylic acids is 1. The number of hydrogen-bond donors (Lipinski definition) is 2. The summed E-state index contributed by atoms with van der Waals surface area (Å²) in [4.78, 5) is 11.9. The highest BCUT2D eigenvalue weighted by atomic mass is 35.5. The van der Waals surface area contributed by atoms with Crippen LogP contribution in [0.15, 0.2) is 18.2 Å². The Balaban J connectivity index is 2.32. The van der Waals surface area contributed by atoms with Crippen molar-refractivity contribution < 1.29 is 9.53 Å². The first-order valence-corrected chi connectivity index (χ1v) is 6.72. The number of hydrogen-bond acceptors (Lipinski definition) is 4. The zero-order valence-electron chi connectivity index (χ0n) is 11.0. The molecule has 0 unspecified atom stereocenters. The molecule has 0 saturated heterocycles. The number of aromatic amines is 1. The van der Waals surface area contributed by atoms with E-state index in [2.05, 4.69) is 15.5 Å². The molecular weight excluding hydrogens is 301 g/mol. The molecule has 0 aliphatic carbocycles. The number of ether oxygens (including phenoxy) is 1. The van der Waals surface area contributed by atoms with Gasteiger partial charge in [0.1, 0.15) is 5.56 Å². The van der Waals surface area contributed by atoms with Gasteiger partial charge in [0.05, 0.1) is 17.3 Å². The fraction of sp³-hybridized carbons (Fsp3) is 0.231. The number of esters is 1. The van der Waals surface area contributed by atoms with Gasteiger partial charge in [-0.3, -0.25) is 5.10 Å². The molecule has 106 valence electrons. The van der Waals surface area contributed by atoms with E-state index in [1.165, 1.54) is 0 Å². The van der Waals surface area contributed by atoms with Gasteiger partial charge in [-0.15, -0.1) is 0 Å². The topological polar surface area (TPSA) is 67.0 Å². The van der Waals surface area contributed by atoms with E-state index in [1.807, 2.05) is 0 Å². The van der Waals surface area contributed by atoms with Gasteiger partial charge in [-0.25, -0.2) is 4.79 Å². The van der Waals surface area contributed by atoms with Gasteiger partial charge in [0.15, 0.2) is 5.82 Å². The van der Waals surface area contributed by atoms with E-state index < -0.39 is 5.97 Å². The number of aryl methyl sites for hydroxylation is 1. The molecule has 2 aromatic rings. The second-order valence-electron chi connectivity index (χ2n) is 4.04. The van der Waals surface area contributed by atoms with E-state index >= 15 is 0 Å². The molecule has 0 bridgehead atoms. The van der Waals surface area contributed by atoms with Crippen molar-refractivity contribution in [2.45, 2.75) is 13.8 Å². The maximum atomic E-state index is 11.9. The number of halogens is 2. The van der Waals surface area contributed by atoms with Crippen LogP contribution in [0.2, 0.25) is 10.0 Å². The lowest BCUT2D eigenvalue weighted by Gasteiger charge is -2.08. The number of nitrogens with zero attached hydrogens (tertiary/aromatic N) is 1. The number of aromatic nitrogens is 2.